The molecule has 1 aromatic rings. The van der Waals surface area contributed by atoms with E-state index in [9.17, 15) is 18.3 Å². The van der Waals surface area contributed by atoms with Crippen molar-refractivity contribution in [1.29, 1.82) is 0 Å². The molecule has 1 aromatic carbocycles. The Morgan fingerprint density at radius 3 is 2.29 bits per heavy atom. The van der Waals surface area contributed by atoms with Crippen LogP contribution in [0.2, 0.25) is 0 Å². The number of carbonyl (C=O) groups excluding carboxylic acids is 1. The lowest BCUT2D eigenvalue weighted by Crippen LogP contribution is -2.38. The summed E-state index contributed by atoms with van der Waals surface area (Å²) in [4.78, 5) is 11.3. The molecular weight excluding hydrogens is 290 g/mol. The Hall–Kier alpha value is -1.24. The van der Waals surface area contributed by atoms with Crippen molar-refractivity contribution >= 4 is 15.8 Å². The fraction of sp³-hybridized carbons (Fsp3) is 0.533. The highest BCUT2D eigenvalue weighted by Gasteiger charge is 2.34. The van der Waals surface area contributed by atoms with E-state index < -0.39 is 10.0 Å². The van der Waals surface area contributed by atoms with Crippen molar-refractivity contribution in [2.24, 2.45) is 5.41 Å². The van der Waals surface area contributed by atoms with Gasteiger partial charge in [-0.05, 0) is 31.9 Å². The van der Waals surface area contributed by atoms with Gasteiger partial charge < -0.3 is 5.11 Å². The van der Waals surface area contributed by atoms with Crippen LogP contribution in [0.5, 0.6) is 0 Å². The second kappa shape index (κ2) is 6.25. The predicted molar refractivity (Wildman–Crippen MR) is 79.6 cm³/mol. The first kappa shape index (κ1) is 16.1. The van der Waals surface area contributed by atoms with Gasteiger partial charge in [0.25, 0.3) is 0 Å². The van der Waals surface area contributed by atoms with Crippen LogP contribution >= 0.6 is 0 Å². The van der Waals surface area contributed by atoms with E-state index in [2.05, 4.69) is 4.72 Å². The van der Waals surface area contributed by atoms with Gasteiger partial charge in [-0.2, -0.15) is 0 Å². The molecule has 0 saturated heterocycles. The Morgan fingerprint density at radius 2 is 1.81 bits per heavy atom. The summed E-state index contributed by atoms with van der Waals surface area (Å²) in [5.41, 5.74) is 0.156. The third-order valence-electron chi connectivity index (χ3n) is 4.21. The number of nitrogens with one attached hydrogen (secondary N) is 1. The van der Waals surface area contributed by atoms with E-state index in [0.717, 1.165) is 25.7 Å². The monoisotopic (exact) mass is 311 g/mol. The maximum absolute atomic E-state index is 12.3. The van der Waals surface area contributed by atoms with Crippen molar-refractivity contribution in [2.45, 2.75) is 37.5 Å². The highest BCUT2D eigenvalue weighted by molar-refractivity contribution is 7.89. The van der Waals surface area contributed by atoms with Crippen LogP contribution in [0.4, 0.5) is 0 Å². The fourth-order valence-electron chi connectivity index (χ4n) is 2.72. The number of carbonyl (C=O) groups is 1. The summed E-state index contributed by atoms with van der Waals surface area (Å²) in [7, 11) is -3.61. The minimum atomic E-state index is -3.61. The maximum atomic E-state index is 12.3. The molecule has 0 radical (unpaired) electrons. The largest absolute Gasteiger partial charge is 0.396 e. The SMILES string of the molecule is CC(=O)c1ccc(S(=O)(=O)NCC2(CO)CCCC2)cc1. The summed E-state index contributed by atoms with van der Waals surface area (Å²) in [6.07, 6.45) is 3.73. The highest BCUT2D eigenvalue weighted by atomic mass is 32.2. The molecule has 1 aliphatic rings. The molecule has 6 heteroatoms. The van der Waals surface area contributed by atoms with Gasteiger partial charge in [0.05, 0.1) is 4.90 Å². The van der Waals surface area contributed by atoms with Crippen LogP contribution in [0.3, 0.4) is 0 Å². The summed E-state index contributed by atoms with van der Waals surface area (Å²) in [5.74, 6) is -0.0999. The van der Waals surface area contributed by atoms with Crippen molar-refractivity contribution in [3.63, 3.8) is 0 Å². The van der Waals surface area contributed by atoms with E-state index in [0.29, 0.717) is 5.56 Å². The van der Waals surface area contributed by atoms with Crippen LogP contribution in [-0.4, -0.2) is 32.5 Å². The second-order valence-corrected chi connectivity index (χ2v) is 7.54. The third-order valence-corrected chi connectivity index (χ3v) is 5.63. The second-order valence-electron chi connectivity index (χ2n) is 5.77. The van der Waals surface area contributed by atoms with Gasteiger partial charge in [0.1, 0.15) is 0 Å². The molecule has 1 saturated carbocycles. The number of hydrogen-bond donors (Lipinski definition) is 2. The molecule has 2 rings (SSSR count). The molecule has 1 aliphatic carbocycles. The third kappa shape index (κ3) is 3.70. The minimum absolute atomic E-state index is 0.00120. The molecule has 1 fully saturated rings. The lowest BCUT2D eigenvalue weighted by molar-refractivity contribution is 0.101. The van der Waals surface area contributed by atoms with Crippen LogP contribution in [0.25, 0.3) is 0 Å². The van der Waals surface area contributed by atoms with Crippen LogP contribution in [0, 0.1) is 5.41 Å². The Morgan fingerprint density at radius 1 is 1.24 bits per heavy atom. The normalized spacial score (nSPS) is 17.8. The Labute approximate surface area is 125 Å². The van der Waals surface area contributed by atoms with E-state index >= 15 is 0 Å². The van der Waals surface area contributed by atoms with Crippen LogP contribution < -0.4 is 4.72 Å². The van der Waals surface area contributed by atoms with Crippen molar-refractivity contribution in [3.8, 4) is 0 Å². The molecule has 0 aliphatic heterocycles. The average Bonchev–Trinajstić information content (AvgIpc) is 2.95. The number of aliphatic hydroxyl groups is 1. The number of ketones is 1. The van der Waals surface area contributed by atoms with Gasteiger partial charge in [-0.3, -0.25) is 4.79 Å². The zero-order valence-electron chi connectivity index (χ0n) is 12.1. The van der Waals surface area contributed by atoms with Crippen LogP contribution in [0.1, 0.15) is 43.0 Å². The standard InChI is InChI=1S/C15H21NO4S/c1-12(18)13-4-6-14(7-5-13)21(19,20)16-10-15(11-17)8-2-3-9-15/h4-7,16-17H,2-3,8-11H2,1H3. The zero-order chi connectivity index (χ0) is 15.5. The fourth-order valence-corrected chi connectivity index (χ4v) is 3.87. The van der Waals surface area contributed by atoms with E-state index in [1.807, 2.05) is 0 Å². The molecule has 0 heterocycles. The Kier molecular flexibility index (Phi) is 4.81. The van der Waals surface area contributed by atoms with E-state index in [4.69, 9.17) is 0 Å². The summed E-state index contributed by atoms with van der Waals surface area (Å²) in [6, 6.07) is 5.88. The zero-order valence-corrected chi connectivity index (χ0v) is 12.9. The van der Waals surface area contributed by atoms with E-state index in [1.54, 1.807) is 0 Å². The summed E-state index contributed by atoms with van der Waals surface area (Å²) < 4.78 is 27.1. The van der Waals surface area contributed by atoms with E-state index in [1.165, 1.54) is 31.2 Å². The molecule has 0 bridgehead atoms. The first-order chi connectivity index (χ1) is 9.88. The van der Waals surface area contributed by atoms with Crippen molar-refractivity contribution in [1.82, 2.24) is 4.72 Å². The Balaban J connectivity index is 2.09. The number of rotatable bonds is 6. The molecule has 2 N–H and O–H groups in total. The molecular formula is C15H21NO4S. The van der Waals surface area contributed by atoms with Gasteiger partial charge in [-0.25, -0.2) is 13.1 Å². The van der Waals surface area contributed by atoms with E-state index in [-0.39, 0.29) is 29.2 Å². The molecule has 116 valence electrons. The minimum Gasteiger partial charge on any atom is -0.396 e. The van der Waals surface area contributed by atoms with Gasteiger partial charge >= 0.3 is 0 Å². The maximum Gasteiger partial charge on any atom is 0.240 e. The quantitative estimate of drug-likeness (QED) is 0.784. The van der Waals surface area contributed by atoms with Gasteiger partial charge in [-0.1, -0.05) is 25.0 Å². The smallest absolute Gasteiger partial charge is 0.240 e. The lowest BCUT2D eigenvalue weighted by Gasteiger charge is -2.26. The predicted octanol–water partition coefficient (Wildman–Crippen LogP) is 1.72. The van der Waals surface area contributed by atoms with Crippen LogP contribution in [-0.2, 0) is 10.0 Å². The van der Waals surface area contributed by atoms with Gasteiger partial charge in [-0.15, -0.1) is 0 Å². The lowest BCUT2D eigenvalue weighted by atomic mass is 9.88. The first-order valence-electron chi connectivity index (χ1n) is 7.10. The number of aliphatic hydroxyl groups excluding tert-OH is 1. The van der Waals surface area contributed by atoms with Gasteiger partial charge in [0.2, 0.25) is 10.0 Å². The summed E-state index contributed by atoms with van der Waals surface area (Å²) in [5, 5.41) is 9.51. The van der Waals surface area contributed by atoms with Gasteiger partial charge in [0, 0.05) is 24.1 Å². The number of Topliss-reactive ketones (excluding diaryl/α,β-unsaturated/α-hetero) is 1. The molecule has 0 unspecified atom stereocenters. The molecule has 0 aromatic heterocycles. The topological polar surface area (TPSA) is 83.5 Å². The Bertz CT molecular complexity index is 601. The molecule has 5 nitrogen and oxygen atoms in total. The van der Waals surface area contributed by atoms with Gasteiger partial charge in [0.15, 0.2) is 5.78 Å². The summed E-state index contributed by atoms with van der Waals surface area (Å²) >= 11 is 0. The van der Waals surface area contributed by atoms with Crippen molar-refractivity contribution in [3.05, 3.63) is 29.8 Å². The van der Waals surface area contributed by atoms with Crippen LogP contribution in [0.15, 0.2) is 29.2 Å². The molecule has 21 heavy (non-hydrogen) atoms. The number of hydrogen-bond acceptors (Lipinski definition) is 4. The number of sulfonamides is 1. The summed E-state index contributed by atoms with van der Waals surface area (Å²) in [6.45, 7) is 1.69. The van der Waals surface area contributed by atoms with Crippen molar-refractivity contribution in [2.75, 3.05) is 13.2 Å². The number of benzene rings is 1. The average molecular weight is 311 g/mol. The first-order valence-corrected chi connectivity index (χ1v) is 8.58. The molecule has 0 atom stereocenters. The molecule has 0 spiro atoms. The van der Waals surface area contributed by atoms with Crippen molar-refractivity contribution < 1.29 is 18.3 Å². The highest BCUT2D eigenvalue weighted by Crippen LogP contribution is 2.37. The molecule has 0 amide bonds.